The Kier molecular flexibility index (Phi) is 3.58. The van der Waals surface area contributed by atoms with Gasteiger partial charge in [0.1, 0.15) is 0 Å². The molecule has 20 heavy (non-hydrogen) atoms. The van der Waals surface area contributed by atoms with Crippen molar-refractivity contribution in [2.24, 2.45) is 5.10 Å². The number of hydrazone groups is 1. The van der Waals surface area contributed by atoms with Gasteiger partial charge in [0.05, 0.1) is 18.7 Å². The van der Waals surface area contributed by atoms with Crippen molar-refractivity contribution < 1.29 is 9.84 Å². The summed E-state index contributed by atoms with van der Waals surface area (Å²) >= 11 is 0. The fourth-order valence-corrected chi connectivity index (χ4v) is 2.60. The van der Waals surface area contributed by atoms with Crippen LogP contribution in [0.2, 0.25) is 0 Å². The number of hydrogen-bond donors (Lipinski definition) is 1. The molecule has 5 heteroatoms. The Balaban J connectivity index is 2.41. The van der Waals surface area contributed by atoms with Crippen LogP contribution in [0.3, 0.4) is 0 Å². The number of phenolic OH excluding ortho intramolecular Hbond substituents is 1. The zero-order chi connectivity index (χ0) is 14.9. The predicted octanol–water partition coefficient (Wildman–Crippen LogP) is 2.83. The third kappa shape index (κ3) is 2.42. The van der Waals surface area contributed by atoms with E-state index in [1.807, 2.05) is 11.9 Å². The summed E-state index contributed by atoms with van der Waals surface area (Å²) in [6.45, 7) is 6.09. The third-order valence-electron chi connectivity index (χ3n) is 3.47. The molecule has 1 aliphatic rings. The smallest absolute Gasteiger partial charge is 0.160 e. The normalized spacial score (nSPS) is 18.4. The Hall–Kier alpha value is -2.22. The maximum Gasteiger partial charge on any atom is 0.160 e. The zero-order valence-electron chi connectivity index (χ0n) is 12.2. The minimum atomic E-state index is -0.503. The van der Waals surface area contributed by atoms with E-state index in [4.69, 9.17) is 4.74 Å². The van der Waals surface area contributed by atoms with Crippen LogP contribution in [0.25, 0.3) is 0 Å². The highest BCUT2D eigenvalue weighted by molar-refractivity contribution is 5.84. The van der Waals surface area contributed by atoms with Crippen LogP contribution in [0.15, 0.2) is 23.3 Å². The molecule has 2 rings (SSSR count). The summed E-state index contributed by atoms with van der Waals surface area (Å²) in [7, 11) is 1.49. The Bertz CT molecular complexity index is 587. The molecule has 0 radical (unpaired) electrons. The van der Waals surface area contributed by atoms with Crippen molar-refractivity contribution in [1.82, 2.24) is 5.01 Å². The molecule has 1 aliphatic heterocycles. The lowest BCUT2D eigenvalue weighted by molar-refractivity contribution is 0.122. The highest BCUT2D eigenvalue weighted by Gasteiger charge is 2.38. The molecule has 106 valence electrons. The summed E-state index contributed by atoms with van der Waals surface area (Å²) in [5, 5.41) is 25.5. The van der Waals surface area contributed by atoms with E-state index in [2.05, 4.69) is 25.0 Å². The number of ether oxygens (including phenoxy) is 1. The lowest BCUT2D eigenvalue weighted by Crippen LogP contribution is -2.38. The van der Waals surface area contributed by atoms with Gasteiger partial charge in [0.2, 0.25) is 0 Å². The molecule has 0 aromatic heterocycles. The summed E-state index contributed by atoms with van der Waals surface area (Å²) < 4.78 is 5.10. The Morgan fingerprint density at radius 2 is 2.20 bits per heavy atom. The van der Waals surface area contributed by atoms with Crippen molar-refractivity contribution in [2.75, 3.05) is 7.11 Å². The monoisotopic (exact) mass is 273 g/mol. The first-order chi connectivity index (χ1) is 9.39. The van der Waals surface area contributed by atoms with Gasteiger partial charge in [-0.3, -0.25) is 5.01 Å². The van der Waals surface area contributed by atoms with Gasteiger partial charge in [-0.15, -0.1) is 0 Å². The van der Waals surface area contributed by atoms with Gasteiger partial charge in [0.15, 0.2) is 17.5 Å². The van der Waals surface area contributed by atoms with E-state index < -0.39 is 6.04 Å². The molecule has 1 atom stereocenters. The summed E-state index contributed by atoms with van der Waals surface area (Å²) in [6.07, 6.45) is 0.834. The van der Waals surface area contributed by atoms with E-state index in [-0.39, 0.29) is 11.3 Å². The van der Waals surface area contributed by atoms with E-state index in [1.165, 1.54) is 13.2 Å². The number of nitriles is 1. The summed E-state index contributed by atoms with van der Waals surface area (Å²) in [5.41, 5.74) is 1.57. The molecule has 1 aromatic rings. The molecule has 1 N–H and O–H groups in total. The Morgan fingerprint density at radius 1 is 1.50 bits per heavy atom. The van der Waals surface area contributed by atoms with Crippen LogP contribution < -0.4 is 4.74 Å². The van der Waals surface area contributed by atoms with Crippen molar-refractivity contribution >= 4 is 5.71 Å². The van der Waals surface area contributed by atoms with Gasteiger partial charge in [-0.25, -0.2) is 0 Å². The van der Waals surface area contributed by atoms with Crippen molar-refractivity contribution in [3.05, 3.63) is 23.8 Å². The van der Waals surface area contributed by atoms with Gasteiger partial charge in [0, 0.05) is 12.1 Å². The molecule has 0 saturated carbocycles. The average Bonchev–Trinajstić information content (AvgIpc) is 2.65. The van der Waals surface area contributed by atoms with E-state index in [9.17, 15) is 10.4 Å². The highest BCUT2D eigenvalue weighted by Crippen LogP contribution is 2.37. The first-order valence-electron chi connectivity index (χ1n) is 6.49. The molecule has 0 fully saturated rings. The number of hydrogen-bond acceptors (Lipinski definition) is 5. The molecular formula is C15H19N3O2. The molecule has 0 bridgehead atoms. The third-order valence-corrected chi connectivity index (χ3v) is 3.47. The second-order valence-electron chi connectivity index (χ2n) is 5.63. The molecule has 0 aliphatic carbocycles. The minimum Gasteiger partial charge on any atom is -0.504 e. The summed E-state index contributed by atoms with van der Waals surface area (Å²) in [4.78, 5) is 0. The van der Waals surface area contributed by atoms with Gasteiger partial charge in [-0.2, -0.15) is 10.4 Å². The summed E-state index contributed by atoms with van der Waals surface area (Å²) in [5.74, 6) is 0.425. The van der Waals surface area contributed by atoms with Crippen LogP contribution >= 0.6 is 0 Å². The van der Waals surface area contributed by atoms with Crippen molar-refractivity contribution in [3.63, 3.8) is 0 Å². The largest absolute Gasteiger partial charge is 0.504 e. The maximum atomic E-state index is 9.65. The molecule has 1 aromatic carbocycles. The number of aromatic hydroxyl groups is 1. The van der Waals surface area contributed by atoms with Crippen LogP contribution in [0.4, 0.5) is 0 Å². The molecule has 0 unspecified atom stereocenters. The van der Waals surface area contributed by atoms with E-state index >= 15 is 0 Å². The standard InChI is InChI=1S/C15H19N3O2/c1-10-8-15(2,3)18(17-10)12(9-16)11-5-6-13(19)14(7-11)20-4/h5-7,12,19H,8H2,1-4H3/t12-/m1/s1. The number of rotatable bonds is 3. The van der Waals surface area contributed by atoms with Crippen molar-refractivity contribution in [1.29, 1.82) is 5.26 Å². The van der Waals surface area contributed by atoms with Gasteiger partial charge >= 0.3 is 0 Å². The average molecular weight is 273 g/mol. The first-order valence-corrected chi connectivity index (χ1v) is 6.49. The Morgan fingerprint density at radius 3 is 2.70 bits per heavy atom. The maximum absolute atomic E-state index is 9.65. The second-order valence-corrected chi connectivity index (χ2v) is 5.63. The SMILES string of the molecule is COc1cc([C@@H](C#N)N2N=C(C)CC2(C)C)ccc1O. The fourth-order valence-electron chi connectivity index (χ4n) is 2.60. The highest BCUT2D eigenvalue weighted by atomic mass is 16.5. The summed E-state index contributed by atoms with van der Waals surface area (Å²) in [6, 6.07) is 6.74. The van der Waals surface area contributed by atoms with E-state index in [0.29, 0.717) is 5.75 Å². The van der Waals surface area contributed by atoms with Crippen LogP contribution in [-0.4, -0.2) is 28.5 Å². The number of phenols is 1. The van der Waals surface area contributed by atoms with Crippen LogP contribution in [-0.2, 0) is 0 Å². The predicted molar refractivity (Wildman–Crippen MR) is 76.7 cm³/mol. The molecule has 0 saturated heterocycles. The van der Waals surface area contributed by atoms with Crippen LogP contribution in [0.1, 0.15) is 38.8 Å². The second kappa shape index (κ2) is 5.04. The molecule has 0 spiro atoms. The first kappa shape index (κ1) is 14.2. The van der Waals surface area contributed by atoms with Crippen molar-refractivity contribution in [3.8, 4) is 17.6 Å². The van der Waals surface area contributed by atoms with Crippen LogP contribution in [0.5, 0.6) is 11.5 Å². The number of benzene rings is 1. The fraction of sp³-hybridized carbons (Fsp3) is 0.467. The Labute approximate surface area is 119 Å². The van der Waals surface area contributed by atoms with Crippen molar-refractivity contribution in [2.45, 2.75) is 38.8 Å². The topological polar surface area (TPSA) is 68.8 Å². The quantitative estimate of drug-likeness (QED) is 0.919. The lowest BCUT2D eigenvalue weighted by atomic mass is 9.96. The molecular weight excluding hydrogens is 254 g/mol. The lowest BCUT2D eigenvalue weighted by Gasteiger charge is -2.34. The minimum absolute atomic E-state index is 0.0632. The van der Waals surface area contributed by atoms with E-state index in [0.717, 1.165) is 17.7 Å². The van der Waals surface area contributed by atoms with E-state index in [1.54, 1.807) is 12.1 Å². The number of methoxy groups -OCH3 is 1. The number of nitrogens with zero attached hydrogens (tertiary/aromatic N) is 3. The van der Waals surface area contributed by atoms with Gasteiger partial charge in [-0.05, 0) is 38.5 Å². The zero-order valence-corrected chi connectivity index (χ0v) is 12.2. The molecule has 0 amide bonds. The molecule has 5 nitrogen and oxygen atoms in total. The van der Waals surface area contributed by atoms with Crippen LogP contribution in [0, 0.1) is 11.3 Å². The van der Waals surface area contributed by atoms with Gasteiger partial charge in [0.25, 0.3) is 0 Å². The van der Waals surface area contributed by atoms with Gasteiger partial charge in [-0.1, -0.05) is 6.07 Å². The molecule has 1 heterocycles. The van der Waals surface area contributed by atoms with Gasteiger partial charge < -0.3 is 9.84 Å².